The molecular formula is C33H24N6O. The lowest BCUT2D eigenvalue weighted by Crippen LogP contribution is -2.25. The molecule has 0 amide bonds. The van der Waals surface area contributed by atoms with E-state index in [9.17, 15) is 4.79 Å². The Hall–Kier alpha value is -5.56. The van der Waals surface area contributed by atoms with E-state index in [-0.39, 0.29) is 5.56 Å². The van der Waals surface area contributed by atoms with Gasteiger partial charge in [0.1, 0.15) is 11.2 Å². The topological polar surface area (TPSA) is 86.5 Å². The van der Waals surface area contributed by atoms with Gasteiger partial charge in [-0.15, -0.1) is 0 Å². The van der Waals surface area contributed by atoms with Crippen molar-refractivity contribution in [3.63, 3.8) is 0 Å². The second kappa shape index (κ2) is 11.4. The lowest BCUT2D eigenvalue weighted by molar-refractivity contribution is 0.924. The average molecular weight is 521 g/mol. The summed E-state index contributed by atoms with van der Waals surface area (Å²) in [5, 5.41) is 0. The Labute approximate surface area is 230 Å². The molecule has 0 unspecified atom stereocenters. The average Bonchev–Trinajstić information content (AvgIpc) is 3.01. The molecule has 0 N–H and O–H groups in total. The summed E-state index contributed by atoms with van der Waals surface area (Å²) in [6, 6.07) is 23.2. The second-order valence-electron chi connectivity index (χ2n) is 9.15. The molecule has 5 heterocycles. The molecule has 1 aromatic carbocycles. The Morgan fingerprint density at radius 2 is 1.50 bits per heavy atom. The van der Waals surface area contributed by atoms with Gasteiger partial charge in [0, 0.05) is 43.6 Å². The van der Waals surface area contributed by atoms with Crippen LogP contribution in [0.2, 0.25) is 0 Å². The molecule has 0 aliphatic rings. The summed E-state index contributed by atoms with van der Waals surface area (Å²) in [7, 11) is 0. The minimum absolute atomic E-state index is 0.201. The first kappa shape index (κ1) is 24.8. The third-order valence-electron chi connectivity index (χ3n) is 6.29. The van der Waals surface area contributed by atoms with Crippen molar-refractivity contribution in [3.8, 4) is 5.69 Å². The number of hydrogen-bond donors (Lipinski definition) is 0. The predicted molar refractivity (Wildman–Crippen MR) is 159 cm³/mol. The van der Waals surface area contributed by atoms with Crippen molar-refractivity contribution in [3.05, 3.63) is 154 Å². The first-order valence-corrected chi connectivity index (χ1v) is 12.8. The van der Waals surface area contributed by atoms with E-state index >= 15 is 0 Å². The Kier molecular flexibility index (Phi) is 7.09. The van der Waals surface area contributed by atoms with E-state index in [2.05, 4.69) is 31.0 Å². The maximum Gasteiger partial charge on any atom is 0.278 e. The second-order valence-corrected chi connectivity index (χ2v) is 9.15. The molecule has 0 aliphatic heterocycles. The fraction of sp³-hybridized carbons (Fsp3) is 0.0303. The maximum absolute atomic E-state index is 13.7. The van der Waals surface area contributed by atoms with Crippen molar-refractivity contribution < 1.29 is 0 Å². The third-order valence-corrected chi connectivity index (χ3v) is 6.29. The molecule has 0 spiro atoms. The molecule has 0 atom stereocenters. The van der Waals surface area contributed by atoms with Crippen LogP contribution in [0.3, 0.4) is 0 Å². The zero-order valence-electron chi connectivity index (χ0n) is 21.5. The lowest BCUT2D eigenvalue weighted by Gasteiger charge is -2.12. The molecule has 0 bridgehead atoms. The van der Waals surface area contributed by atoms with Gasteiger partial charge in [-0.1, -0.05) is 42.5 Å². The summed E-state index contributed by atoms with van der Waals surface area (Å²) in [6.07, 6.45) is 18.9. The Balaban J connectivity index is 1.32. The quantitative estimate of drug-likeness (QED) is 0.261. The SMILES string of the molecule is O=c1c(Cc2cccnc2)nc2cccnc2n1-c1cccc(C=Cc2cncc(C=Cc3ccccn3)c2)c1. The monoisotopic (exact) mass is 520 g/mol. The fourth-order valence-electron chi connectivity index (χ4n) is 4.39. The van der Waals surface area contributed by atoms with E-state index in [0.29, 0.717) is 23.3 Å². The molecule has 0 saturated heterocycles. The van der Waals surface area contributed by atoms with Gasteiger partial charge in [-0.25, -0.2) is 9.97 Å². The van der Waals surface area contributed by atoms with Gasteiger partial charge in [0.15, 0.2) is 5.65 Å². The molecule has 0 radical (unpaired) electrons. The lowest BCUT2D eigenvalue weighted by atomic mass is 10.1. The Morgan fingerprint density at radius 1 is 0.675 bits per heavy atom. The summed E-state index contributed by atoms with van der Waals surface area (Å²) in [5.41, 5.74) is 6.81. The third kappa shape index (κ3) is 5.63. The highest BCUT2D eigenvalue weighted by molar-refractivity contribution is 5.75. The normalized spacial score (nSPS) is 11.5. The van der Waals surface area contributed by atoms with Gasteiger partial charge in [0.2, 0.25) is 0 Å². The van der Waals surface area contributed by atoms with Crippen LogP contribution in [0, 0.1) is 0 Å². The summed E-state index contributed by atoms with van der Waals surface area (Å²) < 4.78 is 1.63. The van der Waals surface area contributed by atoms with Crippen LogP contribution < -0.4 is 5.56 Å². The van der Waals surface area contributed by atoms with Crippen LogP contribution in [0.15, 0.2) is 115 Å². The summed E-state index contributed by atoms with van der Waals surface area (Å²) in [5.74, 6) is 0. The molecule has 40 heavy (non-hydrogen) atoms. The van der Waals surface area contributed by atoms with Crippen LogP contribution >= 0.6 is 0 Å². The van der Waals surface area contributed by atoms with Crippen molar-refractivity contribution in [2.45, 2.75) is 6.42 Å². The molecule has 0 fully saturated rings. The Bertz CT molecular complexity index is 1900. The summed E-state index contributed by atoms with van der Waals surface area (Å²) in [6.45, 7) is 0. The van der Waals surface area contributed by atoms with Crippen LogP contribution in [0.5, 0.6) is 0 Å². The van der Waals surface area contributed by atoms with Crippen molar-refractivity contribution in [1.29, 1.82) is 0 Å². The minimum Gasteiger partial charge on any atom is -0.267 e. The van der Waals surface area contributed by atoms with Crippen LogP contribution in [-0.4, -0.2) is 29.5 Å². The van der Waals surface area contributed by atoms with Gasteiger partial charge in [0.25, 0.3) is 5.56 Å². The van der Waals surface area contributed by atoms with Gasteiger partial charge in [-0.3, -0.25) is 24.3 Å². The number of pyridine rings is 4. The molecule has 5 aromatic heterocycles. The molecule has 6 aromatic rings. The van der Waals surface area contributed by atoms with Gasteiger partial charge in [-0.05, 0) is 76.9 Å². The van der Waals surface area contributed by atoms with E-state index in [1.807, 2.05) is 103 Å². The van der Waals surface area contributed by atoms with Crippen LogP contribution in [0.4, 0.5) is 0 Å². The number of aromatic nitrogens is 6. The molecule has 7 heteroatoms. The predicted octanol–water partition coefficient (Wildman–Crippen LogP) is 5.90. The van der Waals surface area contributed by atoms with E-state index in [1.54, 1.807) is 29.4 Å². The molecular weight excluding hydrogens is 496 g/mol. The minimum atomic E-state index is -0.201. The van der Waals surface area contributed by atoms with Crippen LogP contribution in [0.1, 0.15) is 33.6 Å². The van der Waals surface area contributed by atoms with E-state index in [0.717, 1.165) is 33.6 Å². The zero-order valence-corrected chi connectivity index (χ0v) is 21.5. The maximum atomic E-state index is 13.7. The fourth-order valence-corrected chi connectivity index (χ4v) is 4.39. The Morgan fingerprint density at radius 3 is 2.33 bits per heavy atom. The van der Waals surface area contributed by atoms with Gasteiger partial charge < -0.3 is 0 Å². The number of benzene rings is 1. The molecule has 0 aliphatic carbocycles. The highest BCUT2D eigenvalue weighted by atomic mass is 16.1. The van der Waals surface area contributed by atoms with Crippen molar-refractivity contribution in [2.24, 2.45) is 0 Å². The number of rotatable bonds is 7. The van der Waals surface area contributed by atoms with Crippen molar-refractivity contribution in [2.75, 3.05) is 0 Å². The summed E-state index contributed by atoms with van der Waals surface area (Å²) in [4.78, 5) is 35.7. The van der Waals surface area contributed by atoms with Crippen molar-refractivity contribution in [1.82, 2.24) is 29.5 Å². The molecule has 7 nitrogen and oxygen atoms in total. The molecule has 192 valence electrons. The first-order valence-electron chi connectivity index (χ1n) is 12.8. The van der Waals surface area contributed by atoms with Gasteiger partial charge in [0.05, 0.1) is 11.4 Å². The van der Waals surface area contributed by atoms with Gasteiger partial charge in [-0.2, -0.15) is 0 Å². The van der Waals surface area contributed by atoms with Crippen LogP contribution in [-0.2, 0) is 6.42 Å². The molecule has 0 saturated carbocycles. The van der Waals surface area contributed by atoms with Crippen molar-refractivity contribution >= 4 is 35.5 Å². The van der Waals surface area contributed by atoms with Gasteiger partial charge >= 0.3 is 0 Å². The summed E-state index contributed by atoms with van der Waals surface area (Å²) >= 11 is 0. The smallest absolute Gasteiger partial charge is 0.267 e. The number of hydrogen-bond acceptors (Lipinski definition) is 6. The van der Waals surface area contributed by atoms with Crippen LogP contribution in [0.25, 0.3) is 41.2 Å². The number of nitrogens with zero attached hydrogens (tertiary/aromatic N) is 6. The highest BCUT2D eigenvalue weighted by Gasteiger charge is 2.14. The zero-order chi connectivity index (χ0) is 27.1. The molecule has 6 rings (SSSR count). The largest absolute Gasteiger partial charge is 0.278 e. The highest BCUT2D eigenvalue weighted by Crippen LogP contribution is 2.18. The van der Waals surface area contributed by atoms with E-state index in [4.69, 9.17) is 0 Å². The number of fused-ring (bicyclic) bond motifs is 1. The standard InChI is InChI=1S/C33H24N6O/c40-33-31(20-25-7-4-15-34-21-25)38-30-10-5-17-37-32(30)39(33)29-9-3-6-24(19-29)11-12-26-18-27(23-35-22-26)13-14-28-8-1-2-16-36-28/h1-19,21-23H,20H2. The van der Waals surface area contributed by atoms with E-state index in [1.165, 1.54) is 0 Å². The first-order chi connectivity index (χ1) is 19.7. The van der Waals surface area contributed by atoms with E-state index < -0.39 is 0 Å².